The Morgan fingerprint density at radius 3 is 2.47 bits per heavy atom. The van der Waals surface area contributed by atoms with Crippen LogP contribution in [-0.4, -0.2) is 12.9 Å². The predicted octanol–water partition coefficient (Wildman–Crippen LogP) is 2.42. The molecule has 0 saturated heterocycles. The number of nitrogens with two attached hydrogens (primary N) is 1. The van der Waals surface area contributed by atoms with Gasteiger partial charge in [0.25, 0.3) is 6.43 Å². The van der Waals surface area contributed by atoms with Crippen LogP contribution in [0, 0.1) is 0 Å². The molecule has 1 aromatic carbocycles. The summed E-state index contributed by atoms with van der Waals surface area (Å²) < 4.78 is 30.2. The molecule has 0 radical (unpaired) electrons. The van der Waals surface area contributed by atoms with E-state index in [0.717, 1.165) is 0 Å². The van der Waals surface area contributed by atoms with Crippen molar-refractivity contribution in [3.05, 3.63) is 23.3 Å². The van der Waals surface area contributed by atoms with E-state index in [1.807, 2.05) is 0 Å². The molecule has 0 aromatic heterocycles. The van der Waals surface area contributed by atoms with E-state index in [9.17, 15) is 13.6 Å². The van der Waals surface area contributed by atoms with Crippen LogP contribution in [0.4, 0.5) is 14.5 Å². The maximum atomic E-state index is 12.7. The molecule has 3 nitrogen and oxygen atoms in total. The van der Waals surface area contributed by atoms with Crippen molar-refractivity contribution in [3.8, 4) is 5.75 Å². The number of carbonyl (C=O) groups excluding carboxylic acids is 1. The fraction of sp³-hybridized carbons (Fsp3) is 0.300. The number of hydrogen-bond donors (Lipinski definition) is 1. The zero-order chi connectivity index (χ0) is 11.6. The van der Waals surface area contributed by atoms with Gasteiger partial charge in [-0.1, -0.05) is 0 Å². The van der Waals surface area contributed by atoms with Gasteiger partial charge in [0.1, 0.15) is 0 Å². The Morgan fingerprint density at radius 1 is 1.47 bits per heavy atom. The highest BCUT2D eigenvalue weighted by molar-refractivity contribution is 5.97. The number of alkyl halides is 2. The largest absolute Gasteiger partial charge is 0.494 e. The Labute approximate surface area is 85.8 Å². The van der Waals surface area contributed by atoms with Crippen LogP contribution in [0.3, 0.4) is 0 Å². The summed E-state index contributed by atoms with van der Waals surface area (Å²) in [7, 11) is 1.24. The molecular formula is C10H11F2NO2. The van der Waals surface area contributed by atoms with Gasteiger partial charge in [-0.25, -0.2) is 8.78 Å². The van der Waals surface area contributed by atoms with Crippen molar-refractivity contribution in [2.45, 2.75) is 13.3 Å². The second-order valence-electron chi connectivity index (χ2n) is 3.01. The van der Waals surface area contributed by atoms with Crippen molar-refractivity contribution in [2.75, 3.05) is 12.8 Å². The summed E-state index contributed by atoms with van der Waals surface area (Å²) in [6.45, 7) is 1.22. The Balaban J connectivity index is 3.49. The number of anilines is 1. The van der Waals surface area contributed by atoms with E-state index in [-0.39, 0.29) is 17.0 Å². The van der Waals surface area contributed by atoms with E-state index < -0.39 is 17.8 Å². The second-order valence-corrected chi connectivity index (χ2v) is 3.01. The van der Waals surface area contributed by atoms with Crippen molar-refractivity contribution in [1.82, 2.24) is 0 Å². The van der Waals surface area contributed by atoms with Gasteiger partial charge < -0.3 is 10.5 Å². The maximum Gasteiger partial charge on any atom is 0.268 e. The average molecular weight is 215 g/mol. The third-order valence-electron chi connectivity index (χ3n) is 2.03. The number of carbonyl (C=O) groups is 1. The Hall–Kier alpha value is -1.65. The summed E-state index contributed by atoms with van der Waals surface area (Å²) in [5.41, 5.74) is 5.07. The number of rotatable bonds is 3. The molecule has 1 rings (SSSR count). The van der Waals surface area contributed by atoms with Gasteiger partial charge in [-0.3, -0.25) is 4.79 Å². The molecule has 0 bridgehead atoms. The lowest BCUT2D eigenvalue weighted by Gasteiger charge is -2.13. The number of methoxy groups -OCH3 is 1. The summed E-state index contributed by atoms with van der Waals surface area (Å²) in [6, 6.07) is 2.66. The molecule has 5 heteroatoms. The van der Waals surface area contributed by atoms with Crippen LogP contribution in [0.1, 0.15) is 29.3 Å². The molecule has 0 aliphatic rings. The Kier molecular flexibility index (Phi) is 3.24. The lowest BCUT2D eigenvalue weighted by Crippen LogP contribution is -2.05. The first-order valence-corrected chi connectivity index (χ1v) is 4.24. The third kappa shape index (κ3) is 2.06. The van der Waals surface area contributed by atoms with Gasteiger partial charge in [0.2, 0.25) is 0 Å². The first kappa shape index (κ1) is 11.4. The lowest BCUT2D eigenvalue weighted by atomic mass is 10.0. The highest BCUT2D eigenvalue weighted by Gasteiger charge is 2.22. The minimum atomic E-state index is -2.79. The Bertz CT molecular complexity index is 391. The molecule has 0 aliphatic carbocycles. The topological polar surface area (TPSA) is 52.3 Å². The standard InChI is InChI=1S/C10H11F2NO2/c1-5(14)6-3-4-7(13)9(15-2)8(6)10(11)12/h3-4,10H,13H2,1-2H3. The minimum absolute atomic E-state index is 0.0592. The zero-order valence-corrected chi connectivity index (χ0v) is 8.38. The molecule has 15 heavy (non-hydrogen) atoms. The van der Waals surface area contributed by atoms with Crippen LogP contribution in [0.25, 0.3) is 0 Å². The van der Waals surface area contributed by atoms with Gasteiger partial charge in [0.15, 0.2) is 11.5 Å². The number of nitrogen functional groups attached to an aromatic ring is 1. The fourth-order valence-electron chi connectivity index (χ4n) is 1.37. The van der Waals surface area contributed by atoms with E-state index in [4.69, 9.17) is 10.5 Å². The molecule has 0 aliphatic heterocycles. The molecule has 0 amide bonds. The number of hydrogen-bond acceptors (Lipinski definition) is 3. The monoisotopic (exact) mass is 215 g/mol. The second kappa shape index (κ2) is 4.25. The number of ether oxygens (including phenoxy) is 1. The van der Waals surface area contributed by atoms with Gasteiger partial charge in [-0.15, -0.1) is 0 Å². The van der Waals surface area contributed by atoms with Gasteiger partial charge in [-0.2, -0.15) is 0 Å². The van der Waals surface area contributed by atoms with Crippen molar-refractivity contribution in [1.29, 1.82) is 0 Å². The average Bonchev–Trinajstić information content (AvgIpc) is 2.16. The zero-order valence-electron chi connectivity index (χ0n) is 8.38. The predicted molar refractivity (Wildman–Crippen MR) is 52.4 cm³/mol. The lowest BCUT2D eigenvalue weighted by molar-refractivity contribution is 0.0996. The fourth-order valence-corrected chi connectivity index (χ4v) is 1.37. The van der Waals surface area contributed by atoms with Crippen LogP contribution >= 0.6 is 0 Å². The first-order chi connectivity index (χ1) is 6.99. The molecule has 0 saturated carbocycles. The Morgan fingerprint density at radius 2 is 2.07 bits per heavy atom. The molecular weight excluding hydrogens is 204 g/mol. The molecule has 0 atom stereocenters. The summed E-state index contributed by atoms with van der Waals surface area (Å²) in [5, 5.41) is 0. The van der Waals surface area contributed by atoms with Crippen molar-refractivity contribution in [3.63, 3.8) is 0 Å². The highest BCUT2D eigenvalue weighted by Crippen LogP contribution is 2.36. The van der Waals surface area contributed by atoms with E-state index in [1.54, 1.807) is 0 Å². The first-order valence-electron chi connectivity index (χ1n) is 4.24. The molecule has 0 spiro atoms. The van der Waals surface area contributed by atoms with Crippen LogP contribution in [0.15, 0.2) is 12.1 Å². The van der Waals surface area contributed by atoms with Crippen molar-refractivity contribution < 1.29 is 18.3 Å². The van der Waals surface area contributed by atoms with Gasteiger partial charge in [0, 0.05) is 5.56 Å². The van der Waals surface area contributed by atoms with Gasteiger partial charge in [0.05, 0.1) is 18.4 Å². The molecule has 2 N–H and O–H groups in total. The third-order valence-corrected chi connectivity index (χ3v) is 2.03. The molecule has 0 unspecified atom stereocenters. The summed E-state index contributed by atoms with van der Waals surface area (Å²) in [5.74, 6) is -0.568. The number of Topliss-reactive ketones (excluding diaryl/α,β-unsaturated/α-hetero) is 1. The van der Waals surface area contributed by atoms with E-state index in [0.29, 0.717) is 0 Å². The normalized spacial score (nSPS) is 10.5. The van der Waals surface area contributed by atoms with Crippen molar-refractivity contribution in [2.24, 2.45) is 0 Å². The molecule has 0 heterocycles. The molecule has 1 aromatic rings. The van der Waals surface area contributed by atoms with Crippen LogP contribution in [0.5, 0.6) is 5.75 Å². The molecule has 0 fully saturated rings. The van der Waals surface area contributed by atoms with E-state index >= 15 is 0 Å². The van der Waals surface area contributed by atoms with Crippen LogP contribution < -0.4 is 10.5 Å². The number of benzene rings is 1. The smallest absolute Gasteiger partial charge is 0.268 e. The van der Waals surface area contributed by atoms with E-state index in [1.165, 1.54) is 26.2 Å². The van der Waals surface area contributed by atoms with Gasteiger partial charge >= 0.3 is 0 Å². The maximum absolute atomic E-state index is 12.7. The van der Waals surface area contributed by atoms with Crippen LogP contribution in [-0.2, 0) is 0 Å². The van der Waals surface area contributed by atoms with Gasteiger partial charge in [-0.05, 0) is 19.1 Å². The minimum Gasteiger partial charge on any atom is -0.494 e. The number of ketones is 1. The van der Waals surface area contributed by atoms with Crippen molar-refractivity contribution >= 4 is 11.5 Å². The quantitative estimate of drug-likeness (QED) is 0.622. The van der Waals surface area contributed by atoms with E-state index in [2.05, 4.69) is 0 Å². The summed E-state index contributed by atoms with van der Waals surface area (Å²) in [6.07, 6.45) is -2.79. The number of halogens is 2. The summed E-state index contributed by atoms with van der Waals surface area (Å²) in [4.78, 5) is 11.1. The summed E-state index contributed by atoms with van der Waals surface area (Å²) >= 11 is 0. The molecule has 82 valence electrons. The SMILES string of the molecule is COc1c(N)ccc(C(C)=O)c1C(F)F. The highest BCUT2D eigenvalue weighted by atomic mass is 19.3. The van der Waals surface area contributed by atoms with Crippen LogP contribution in [0.2, 0.25) is 0 Å².